The van der Waals surface area contributed by atoms with Crippen molar-refractivity contribution >= 4 is 0 Å². The Morgan fingerprint density at radius 1 is 1.38 bits per heavy atom. The first-order valence-corrected chi connectivity index (χ1v) is 4.74. The average molecular weight is 188 g/mol. The van der Waals surface area contributed by atoms with Gasteiger partial charge in [-0.25, -0.2) is 0 Å². The monoisotopic (exact) mass is 188 g/mol. The minimum absolute atomic E-state index is 0.0137. The molecule has 3 rings (SSSR count). The second-order valence-electron chi connectivity index (χ2n) is 4.66. The van der Waals surface area contributed by atoms with E-state index in [0.29, 0.717) is 6.42 Å². The minimum Gasteiger partial charge on any atom is -0.171 e. The summed E-state index contributed by atoms with van der Waals surface area (Å²) in [6, 6.07) is 0. The van der Waals surface area contributed by atoms with Crippen LogP contribution in [-0.2, 0) is 0 Å². The van der Waals surface area contributed by atoms with E-state index in [1.807, 2.05) is 19.1 Å². The van der Waals surface area contributed by atoms with Crippen LogP contribution in [0.1, 0.15) is 13.3 Å². The molecule has 0 heterocycles. The lowest BCUT2D eigenvalue weighted by Crippen LogP contribution is -2.25. The highest BCUT2D eigenvalue weighted by Crippen LogP contribution is 2.79. The first-order chi connectivity index (χ1) is 5.98. The van der Waals surface area contributed by atoms with Crippen molar-refractivity contribution in [3.05, 3.63) is 12.2 Å². The van der Waals surface area contributed by atoms with Gasteiger partial charge in [-0.2, -0.15) is 13.2 Å². The van der Waals surface area contributed by atoms with Crippen molar-refractivity contribution in [2.75, 3.05) is 0 Å². The van der Waals surface area contributed by atoms with E-state index in [9.17, 15) is 13.2 Å². The Hall–Kier alpha value is -0.470. The van der Waals surface area contributed by atoms with E-state index in [-0.39, 0.29) is 23.2 Å². The van der Waals surface area contributed by atoms with Gasteiger partial charge in [0.1, 0.15) is 0 Å². The SMILES string of the molecule is C[C@H]1C2C(C(F)(F)F)CC3C=CC321. The summed E-state index contributed by atoms with van der Waals surface area (Å²) in [5, 5.41) is 0. The molecule has 3 aliphatic rings. The molecule has 0 N–H and O–H groups in total. The van der Waals surface area contributed by atoms with Gasteiger partial charge in [0.2, 0.25) is 0 Å². The summed E-state index contributed by atoms with van der Waals surface area (Å²) in [5.41, 5.74) is -0.0137. The molecule has 13 heavy (non-hydrogen) atoms. The molecule has 0 amide bonds. The second kappa shape index (κ2) is 1.82. The summed E-state index contributed by atoms with van der Waals surface area (Å²) in [5.74, 6) is -0.619. The smallest absolute Gasteiger partial charge is 0.171 e. The van der Waals surface area contributed by atoms with Crippen LogP contribution >= 0.6 is 0 Å². The Morgan fingerprint density at radius 2 is 2.08 bits per heavy atom. The fourth-order valence-electron chi connectivity index (χ4n) is 3.69. The highest BCUT2D eigenvalue weighted by molar-refractivity contribution is 5.37. The van der Waals surface area contributed by atoms with Crippen LogP contribution < -0.4 is 0 Å². The van der Waals surface area contributed by atoms with Crippen LogP contribution in [0.2, 0.25) is 0 Å². The lowest BCUT2D eigenvalue weighted by molar-refractivity contribution is -0.180. The Morgan fingerprint density at radius 3 is 2.38 bits per heavy atom. The van der Waals surface area contributed by atoms with E-state index in [2.05, 4.69) is 0 Å². The normalized spacial score (nSPS) is 56.9. The van der Waals surface area contributed by atoms with E-state index >= 15 is 0 Å². The van der Waals surface area contributed by atoms with Gasteiger partial charge in [0, 0.05) is 5.41 Å². The maximum Gasteiger partial charge on any atom is 0.392 e. The predicted octanol–water partition coefficient (Wildman–Crippen LogP) is 3.01. The van der Waals surface area contributed by atoms with Crippen LogP contribution in [0.3, 0.4) is 0 Å². The molecule has 3 aliphatic carbocycles. The molecule has 1 spiro atoms. The third kappa shape index (κ3) is 0.670. The maximum absolute atomic E-state index is 12.6. The van der Waals surface area contributed by atoms with E-state index in [0.717, 1.165) is 0 Å². The van der Waals surface area contributed by atoms with Gasteiger partial charge < -0.3 is 0 Å². The van der Waals surface area contributed by atoms with E-state index in [1.54, 1.807) is 0 Å². The van der Waals surface area contributed by atoms with Gasteiger partial charge in [-0.3, -0.25) is 0 Å². The van der Waals surface area contributed by atoms with Crippen molar-refractivity contribution in [3.63, 3.8) is 0 Å². The molecule has 4 unspecified atom stereocenters. The number of hydrogen-bond acceptors (Lipinski definition) is 0. The summed E-state index contributed by atoms with van der Waals surface area (Å²) in [7, 11) is 0. The van der Waals surface area contributed by atoms with Crippen LogP contribution in [0.4, 0.5) is 13.2 Å². The number of allylic oxidation sites excluding steroid dienone is 2. The summed E-state index contributed by atoms with van der Waals surface area (Å²) >= 11 is 0. The highest BCUT2D eigenvalue weighted by atomic mass is 19.4. The lowest BCUT2D eigenvalue weighted by atomic mass is 9.77. The minimum atomic E-state index is -3.97. The zero-order valence-corrected chi connectivity index (χ0v) is 7.31. The Balaban J connectivity index is 1.92. The van der Waals surface area contributed by atoms with Crippen LogP contribution in [0, 0.1) is 29.1 Å². The number of halogens is 3. The van der Waals surface area contributed by atoms with E-state index < -0.39 is 12.1 Å². The Labute approximate surface area is 74.8 Å². The first-order valence-electron chi connectivity index (χ1n) is 4.74. The zero-order valence-electron chi connectivity index (χ0n) is 7.31. The molecule has 0 aliphatic heterocycles. The number of rotatable bonds is 0. The van der Waals surface area contributed by atoms with Crippen molar-refractivity contribution in [1.29, 1.82) is 0 Å². The zero-order chi connectivity index (χ0) is 9.43. The van der Waals surface area contributed by atoms with Gasteiger partial charge in [-0.15, -0.1) is 0 Å². The standard InChI is InChI=1S/C10H11F3/c1-5-8-7(10(11,12)13)4-6-2-3-9(5,6)8/h2-3,5-8H,4H2,1H3/t5-,6?,7?,8?,9?/m0/s1. The van der Waals surface area contributed by atoms with Gasteiger partial charge >= 0.3 is 6.18 Å². The van der Waals surface area contributed by atoms with Crippen LogP contribution in [-0.4, -0.2) is 6.18 Å². The molecule has 72 valence electrons. The molecule has 2 saturated carbocycles. The van der Waals surface area contributed by atoms with Gasteiger partial charge in [0.25, 0.3) is 0 Å². The van der Waals surface area contributed by atoms with Gasteiger partial charge in [0.05, 0.1) is 5.92 Å². The molecule has 0 nitrogen and oxygen atoms in total. The quantitative estimate of drug-likeness (QED) is 0.512. The van der Waals surface area contributed by atoms with Gasteiger partial charge in [-0.05, 0) is 24.2 Å². The predicted molar refractivity (Wildman–Crippen MR) is 41.9 cm³/mol. The Bertz CT molecular complexity index is 291. The number of hydrogen-bond donors (Lipinski definition) is 0. The Kier molecular flexibility index (Phi) is 1.10. The van der Waals surface area contributed by atoms with E-state index in [1.165, 1.54) is 0 Å². The number of alkyl halides is 3. The maximum atomic E-state index is 12.6. The largest absolute Gasteiger partial charge is 0.392 e. The molecule has 5 atom stereocenters. The third-order valence-corrected chi connectivity index (χ3v) is 4.42. The highest BCUT2D eigenvalue weighted by Gasteiger charge is 2.77. The molecule has 0 aromatic rings. The van der Waals surface area contributed by atoms with Crippen molar-refractivity contribution < 1.29 is 13.2 Å². The third-order valence-electron chi connectivity index (χ3n) is 4.42. The van der Waals surface area contributed by atoms with Crippen molar-refractivity contribution in [2.45, 2.75) is 19.5 Å². The van der Waals surface area contributed by atoms with Gasteiger partial charge in [0.15, 0.2) is 0 Å². The van der Waals surface area contributed by atoms with E-state index in [4.69, 9.17) is 0 Å². The molecule has 3 heteroatoms. The molecule has 0 bridgehead atoms. The topological polar surface area (TPSA) is 0 Å². The first kappa shape index (κ1) is 7.89. The molecule has 0 saturated heterocycles. The fourth-order valence-corrected chi connectivity index (χ4v) is 3.69. The van der Waals surface area contributed by atoms with Crippen LogP contribution in [0.15, 0.2) is 12.2 Å². The summed E-state index contributed by atoms with van der Waals surface area (Å²) < 4.78 is 37.7. The molecular formula is C10H11F3. The molecular weight excluding hydrogens is 177 g/mol. The van der Waals surface area contributed by atoms with Gasteiger partial charge in [-0.1, -0.05) is 19.1 Å². The van der Waals surface area contributed by atoms with Crippen LogP contribution in [0.5, 0.6) is 0 Å². The van der Waals surface area contributed by atoms with Crippen molar-refractivity contribution in [1.82, 2.24) is 0 Å². The van der Waals surface area contributed by atoms with Crippen molar-refractivity contribution in [3.8, 4) is 0 Å². The fraction of sp³-hybridized carbons (Fsp3) is 0.800. The lowest BCUT2D eigenvalue weighted by Gasteiger charge is -2.27. The summed E-state index contributed by atoms with van der Waals surface area (Å²) in [6.45, 7) is 1.96. The molecule has 0 radical (unpaired) electrons. The molecule has 0 aromatic carbocycles. The molecule has 2 fully saturated rings. The summed E-state index contributed by atoms with van der Waals surface area (Å²) in [4.78, 5) is 0. The average Bonchev–Trinajstić information content (AvgIpc) is 2.46. The molecule has 0 aromatic heterocycles. The van der Waals surface area contributed by atoms with Crippen LogP contribution in [0.25, 0.3) is 0 Å². The van der Waals surface area contributed by atoms with Crippen molar-refractivity contribution in [2.24, 2.45) is 29.1 Å². The second-order valence-corrected chi connectivity index (χ2v) is 4.66. The summed E-state index contributed by atoms with van der Waals surface area (Å²) in [6.07, 6.45) is 0.345.